The molecule has 1 heterocycles. The molecule has 7 heteroatoms. The summed E-state index contributed by atoms with van der Waals surface area (Å²) in [5.74, 6) is -0.304. The van der Waals surface area contributed by atoms with Crippen LogP contribution in [0.15, 0.2) is 78.5 Å². The SMILES string of the molecule is COc1cccc(NC2=C(c3ccc(Cl)cc3)C(=O)N(c3cccc(Cl)c3)C2=O)c1. The summed E-state index contributed by atoms with van der Waals surface area (Å²) < 4.78 is 5.25. The van der Waals surface area contributed by atoms with E-state index in [9.17, 15) is 9.59 Å². The standard InChI is InChI=1S/C23H16Cl2N2O3/c1-30-19-7-3-5-17(13-19)26-21-20(14-8-10-15(24)11-9-14)22(28)27(23(21)29)18-6-2-4-16(25)12-18/h2-13,26H,1H3. The van der Waals surface area contributed by atoms with Crippen LogP contribution >= 0.6 is 23.2 Å². The molecule has 3 aromatic rings. The van der Waals surface area contributed by atoms with Gasteiger partial charge >= 0.3 is 0 Å². The van der Waals surface area contributed by atoms with E-state index in [-0.39, 0.29) is 11.3 Å². The number of carbonyl (C=O) groups excluding carboxylic acids is 2. The van der Waals surface area contributed by atoms with Gasteiger partial charge in [0.1, 0.15) is 11.4 Å². The number of hydrogen-bond acceptors (Lipinski definition) is 4. The van der Waals surface area contributed by atoms with E-state index in [0.29, 0.717) is 32.7 Å². The highest BCUT2D eigenvalue weighted by Gasteiger charge is 2.40. The number of halogens is 2. The van der Waals surface area contributed by atoms with Crippen LogP contribution in [0.1, 0.15) is 5.56 Å². The second-order valence-electron chi connectivity index (χ2n) is 6.54. The highest BCUT2D eigenvalue weighted by Crippen LogP contribution is 2.35. The lowest BCUT2D eigenvalue weighted by Gasteiger charge is -2.15. The Hall–Kier alpha value is -3.28. The third-order valence-electron chi connectivity index (χ3n) is 4.62. The Morgan fingerprint density at radius 1 is 0.833 bits per heavy atom. The molecule has 3 aromatic carbocycles. The van der Waals surface area contributed by atoms with Crippen LogP contribution < -0.4 is 15.0 Å². The largest absolute Gasteiger partial charge is 0.497 e. The topological polar surface area (TPSA) is 58.6 Å². The normalized spacial score (nSPS) is 13.8. The van der Waals surface area contributed by atoms with E-state index in [1.54, 1.807) is 79.9 Å². The molecule has 0 unspecified atom stereocenters. The number of nitrogens with one attached hydrogen (secondary N) is 1. The van der Waals surface area contributed by atoms with Crippen molar-refractivity contribution in [2.75, 3.05) is 17.3 Å². The maximum Gasteiger partial charge on any atom is 0.282 e. The molecule has 1 aliphatic heterocycles. The zero-order chi connectivity index (χ0) is 21.3. The fourth-order valence-corrected chi connectivity index (χ4v) is 3.54. The lowest BCUT2D eigenvalue weighted by Crippen LogP contribution is -2.32. The molecule has 0 spiro atoms. The predicted molar refractivity (Wildman–Crippen MR) is 119 cm³/mol. The van der Waals surface area contributed by atoms with Crippen LogP contribution in [-0.4, -0.2) is 18.9 Å². The van der Waals surface area contributed by atoms with E-state index in [2.05, 4.69) is 5.32 Å². The number of nitrogens with zero attached hydrogens (tertiary/aromatic N) is 1. The number of carbonyl (C=O) groups is 2. The highest BCUT2D eigenvalue weighted by molar-refractivity contribution is 6.46. The smallest absolute Gasteiger partial charge is 0.282 e. The molecule has 2 amide bonds. The Bertz CT molecular complexity index is 1170. The van der Waals surface area contributed by atoms with Crippen LogP contribution in [0, 0.1) is 0 Å². The molecule has 1 aliphatic rings. The van der Waals surface area contributed by atoms with E-state index in [4.69, 9.17) is 27.9 Å². The van der Waals surface area contributed by atoms with Crippen molar-refractivity contribution < 1.29 is 14.3 Å². The van der Waals surface area contributed by atoms with Gasteiger partial charge in [-0.2, -0.15) is 0 Å². The van der Waals surface area contributed by atoms with Gasteiger partial charge in [0.05, 0.1) is 18.4 Å². The average Bonchev–Trinajstić information content (AvgIpc) is 2.98. The van der Waals surface area contributed by atoms with Crippen molar-refractivity contribution in [3.05, 3.63) is 94.1 Å². The van der Waals surface area contributed by atoms with Gasteiger partial charge in [-0.1, -0.05) is 47.5 Å². The summed E-state index contributed by atoms with van der Waals surface area (Å²) in [7, 11) is 1.56. The van der Waals surface area contributed by atoms with Gasteiger partial charge in [-0.15, -0.1) is 0 Å². The minimum absolute atomic E-state index is 0.163. The second-order valence-corrected chi connectivity index (χ2v) is 7.41. The van der Waals surface area contributed by atoms with Gasteiger partial charge < -0.3 is 10.1 Å². The van der Waals surface area contributed by atoms with Gasteiger partial charge in [-0.3, -0.25) is 9.59 Å². The van der Waals surface area contributed by atoms with E-state index in [1.807, 2.05) is 0 Å². The number of rotatable bonds is 5. The number of ether oxygens (including phenoxy) is 1. The van der Waals surface area contributed by atoms with Gasteiger partial charge in [0.2, 0.25) is 0 Å². The van der Waals surface area contributed by atoms with E-state index < -0.39 is 11.8 Å². The van der Waals surface area contributed by atoms with Crippen molar-refractivity contribution in [2.24, 2.45) is 0 Å². The number of methoxy groups -OCH3 is 1. The van der Waals surface area contributed by atoms with Crippen LogP contribution in [0.5, 0.6) is 5.75 Å². The highest BCUT2D eigenvalue weighted by atomic mass is 35.5. The summed E-state index contributed by atoms with van der Waals surface area (Å²) in [5, 5.41) is 4.05. The fraction of sp³-hybridized carbons (Fsp3) is 0.0435. The molecule has 0 fully saturated rings. The first-order valence-corrected chi connectivity index (χ1v) is 9.79. The van der Waals surface area contributed by atoms with Crippen LogP contribution in [-0.2, 0) is 9.59 Å². The van der Waals surface area contributed by atoms with Crippen molar-refractivity contribution >= 4 is 52.0 Å². The number of amides is 2. The summed E-state index contributed by atoms with van der Waals surface area (Å²) >= 11 is 12.1. The fourth-order valence-electron chi connectivity index (χ4n) is 3.22. The Kier molecular flexibility index (Phi) is 5.48. The Labute approximate surface area is 183 Å². The number of imide groups is 1. The predicted octanol–water partition coefficient (Wildman–Crippen LogP) is 5.40. The van der Waals surface area contributed by atoms with Crippen molar-refractivity contribution in [1.29, 1.82) is 0 Å². The molecule has 0 saturated carbocycles. The lowest BCUT2D eigenvalue weighted by atomic mass is 10.0. The number of hydrogen-bond donors (Lipinski definition) is 1. The molecule has 5 nitrogen and oxygen atoms in total. The molecule has 0 radical (unpaired) electrons. The van der Waals surface area contributed by atoms with Gasteiger partial charge in [-0.05, 0) is 48.0 Å². The summed E-state index contributed by atoms with van der Waals surface area (Å²) in [4.78, 5) is 27.8. The van der Waals surface area contributed by atoms with Gasteiger partial charge in [0.25, 0.3) is 11.8 Å². The molecule has 0 atom stereocenters. The molecule has 0 aliphatic carbocycles. The molecule has 1 N–H and O–H groups in total. The molecule has 4 rings (SSSR count). The summed E-state index contributed by atoms with van der Waals surface area (Å²) in [6.45, 7) is 0. The average molecular weight is 439 g/mol. The van der Waals surface area contributed by atoms with Gasteiger partial charge in [0, 0.05) is 21.8 Å². The summed E-state index contributed by atoms with van der Waals surface area (Å²) in [5.41, 5.74) is 2.00. The Balaban J connectivity index is 1.82. The quantitative estimate of drug-likeness (QED) is 0.541. The second kappa shape index (κ2) is 8.22. The van der Waals surface area contributed by atoms with Gasteiger partial charge in [0.15, 0.2) is 0 Å². The van der Waals surface area contributed by atoms with Crippen molar-refractivity contribution in [3.63, 3.8) is 0 Å². The molecule has 150 valence electrons. The van der Waals surface area contributed by atoms with Crippen LogP contribution in [0.25, 0.3) is 5.57 Å². The van der Waals surface area contributed by atoms with Crippen molar-refractivity contribution in [2.45, 2.75) is 0 Å². The zero-order valence-electron chi connectivity index (χ0n) is 15.9. The van der Waals surface area contributed by atoms with E-state index >= 15 is 0 Å². The Morgan fingerprint density at radius 2 is 1.57 bits per heavy atom. The summed E-state index contributed by atoms with van der Waals surface area (Å²) in [6.07, 6.45) is 0. The summed E-state index contributed by atoms with van der Waals surface area (Å²) in [6, 6.07) is 20.5. The van der Waals surface area contributed by atoms with Crippen LogP contribution in [0.4, 0.5) is 11.4 Å². The number of anilines is 2. The third-order valence-corrected chi connectivity index (χ3v) is 5.11. The monoisotopic (exact) mass is 438 g/mol. The lowest BCUT2D eigenvalue weighted by molar-refractivity contribution is -0.120. The van der Waals surface area contributed by atoms with Crippen LogP contribution in [0.2, 0.25) is 10.0 Å². The molecular formula is C23H16Cl2N2O3. The zero-order valence-corrected chi connectivity index (χ0v) is 17.4. The first-order chi connectivity index (χ1) is 14.5. The Morgan fingerprint density at radius 3 is 2.27 bits per heavy atom. The molecule has 30 heavy (non-hydrogen) atoms. The molecule has 0 bridgehead atoms. The third kappa shape index (κ3) is 3.77. The minimum Gasteiger partial charge on any atom is -0.497 e. The maximum absolute atomic E-state index is 13.3. The van der Waals surface area contributed by atoms with Gasteiger partial charge in [-0.25, -0.2) is 4.90 Å². The first kappa shape index (κ1) is 20.0. The van der Waals surface area contributed by atoms with Crippen molar-refractivity contribution in [3.8, 4) is 5.75 Å². The molecular weight excluding hydrogens is 423 g/mol. The van der Waals surface area contributed by atoms with E-state index in [0.717, 1.165) is 4.90 Å². The number of benzene rings is 3. The minimum atomic E-state index is -0.477. The van der Waals surface area contributed by atoms with Crippen LogP contribution in [0.3, 0.4) is 0 Å². The molecule has 0 saturated heterocycles. The maximum atomic E-state index is 13.3. The van der Waals surface area contributed by atoms with E-state index in [1.165, 1.54) is 0 Å². The first-order valence-electron chi connectivity index (χ1n) is 9.03. The molecule has 0 aromatic heterocycles. The van der Waals surface area contributed by atoms with Crippen molar-refractivity contribution in [1.82, 2.24) is 0 Å².